The number of ether oxygens (including phenoxy) is 1. The summed E-state index contributed by atoms with van der Waals surface area (Å²) in [6.45, 7) is 0.806. The molecule has 1 aliphatic heterocycles. The van der Waals surface area contributed by atoms with Gasteiger partial charge < -0.3 is 15.2 Å². The van der Waals surface area contributed by atoms with E-state index in [-0.39, 0.29) is 0 Å². The van der Waals surface area contributed by atoms with Gasteiger partial charge in [-0.05, 0) is 17.7 Å². The molecule has 13 heavy (non-hydrogen) atoms. The Morgan fingerprint density at radius 2 is 2.23 bits per heavy atom. The van der Waals surface area contributed by atoms with Gasteiger partial charge in [0.2, 0.25) is 0 Å². The average Bonchev–Trinajstić information content (AvgIpc) is 2.14. The molecule has 0 bridgehead atoms. The van der Waals surface area contributed by atoms with Crippen LogP contribution in [0, 0.1) is 0 Å². The van der Waals surface area contributed by atoms with Crippen LogP contribution in [-0.4, -0.2) is 25.4 Å². The molecule has 2 N–H and O–H groups in total. The lowest BCUT2D eigenvalue weighted by Crippen LogP contribution is -2.46. The summed E-state index contributed by atoms with van der Waals surface area (Å²) in [5.74, 6) is 0. The molecule has 1 aliphatic rings. The second-order valence-corrected chi connectivity index (χ2v) is 3.36. The van der Waals surface area contributed by atoms with Crippen molar-refractivity contribution >= 4 is 5.69 Å². The zero-order valence-corrected chi connectivity index (χ0v) is 7.58. The molecule has 0 aromatic heterocycles. The van der Waals surface area contributed by atoms with Gasteiger partial charge in [0.1, 0.15) is 5.60 Å². The Labute approximate surface area is 77.3 Å². The molecule has 2 rings (SSSR count). The van der Waals surface area contributed by atoms with Crippen molar-refractivity contribution in [2.24, 2.45) is 0 Å². The maximum absolute atomic E-state index is 9.95. The first-order valence-corrected chi connectivity index (χ1v) is 4.33. The molecular weight excluding hydrogens is 166 g/mol. The smallest absolute Gasteiger partial charge is 0.136 e. The van der Waals surface area contributed by atoms with E-state index < -0.39 is 5.60 Å². The van der Waals surface area contributed by atoms with E-state index in [1.54, 1.807) is 0 Å². The van der Waals surface area contributed by atoms with E-state index in [1.165, 1.54) is 0 Å². The van der Waals surface area contributed by atoms with Crippen LogP contribution in [0.4, 0.5) is 5.69 Å². The lowest BCUT2D eigenvalue weighted by molar-refractivity contribution is -0.184. The van der Waals surface area contributed by atoms with Gasteiger partial charge in [0, 0.05) is 12.7 Å². The van der Waals surface area contributed by atoms with Crippen LogP contribution in [0.15, 0.2) is 24.3 Å². The second kappa shape index (κ2) is 3.01. The highest BCUT2D eigenvalue weighted by Gasteiger charge is 2.37. The Balaban J connectivity index is 2.29. The van der Waals surface area contributed by atoms with Gasteiger partial charge in [-0.1, -0.05) is 12.1 Å². The molecule has 1 saturated heterocycles. The predicted molar refractivity (Wildman–Crippen MR) is 50.7 cm³/mol. The molecule has 70 valence electrons. The second-order valence-electron chi connectivity index (χ2n) is 3.36. The third-order valence-electron chi connectivity index (χ3n) is 2.37. The van der Waals surface area contributed by atoms with Gasteiger partial charge in [0.25, 0.3) is 0 Å². The molecular formula is C10H13NO2. The van der Waals surface area contributed by atoms with E-state index in [2.05, 4.69) is 5.32 Å². The predicted octanol–water partition coefficient (Wildman–Crippen LogP) is 0.946. The summed E-state index contributed by atoms with van der Waals surface area (Å²) >= 11 is 0. The first-order chi connectivity index (χ1) is 6.24. The number of rotatable bonds is 2. The lowest BCUT2D eigenvalue weighted by atomic mass is 9.92. The van der Waals surface area contributed by atoms with Crippen molar-refractivity contribution < 1.29 is 9.84 Å². The summed E-state index contributed by atoms with van der Waals surface area (Å²) in [6, 6.07) is 7.76. The minimum absolute atomic E-state index is 0.403. The average molecular weight is 179 g/mol. The minimum atomic E-state index is -0.757. The standard InChI is InChI=1S/C10H13NO2/c1-11-9-4-2-3-8(5-9)10(12)6-13-7-10/h2-5,11-12H,6-7H2,1H3. The molecule has 1 heterocycles. The van der Waals surface area contributed by atoms with Crippen molar-refractivity contribution in [1.82, 2.24) is 0 Å². The third-order valence-corrected chi connectivity index (χ3v) is 2.37. The highest BCUT2D eigenvalue weighted by molar-refractivity contribution is 5.46. The van der Waals surface area contributed by atoms with Crippen molar-refractivity contribution in [2.45, 2.75) is 5.60 Å². The number of benzene rings is 1. The van der Waals surface area contributed by atoms with Crippen molar-refractivity contribution in [3.05, 3.63) is 29.8 Å². The molecule has 0 spiro atoms. The van der Waals surface area contributed by atoms with Crippen LogP contribution in [-0.2, 0) is 10.3 Å². The molecule has 0 radical (unpaired) electrons. The van der Waals surface area contributed by atoms with Gasteiger partial charge in [0.15, 0.2) is 0 Å². The van der Waals surface area contributed by atoms with Gasteiger partial charge in [-0.3, -0.25) is 0 Å². The van der Waals surface area contributed by atoms with Gasteiger partial charge in [0.05, 0.1) is 13.2 Å². The van der Waals surface area contributed by atoms with Gasteiger partial charge in [-0.2, -0.15) is 0 Å². The summed E-state index contributed by atoms with van der Waals surface area (Å²) in [5, 5.41) is 13.0. The van der Waals surface area contributed by atoms with Crippen LogP contribution in [0.25, 0.3) is 0 Å². The fourth-order valence-corrected chi connectivity index (χ4v) is 1.43. The Bertz CT molecular complexity index is 308. The van der Waals surface area contributed by atoms with Gasteiger partial charge in [-0.25, -0.2) is 0 Å². The van der Waals surface area contributed by atoms with E-state index in [0.29, 0.717) is 13.2 Å². The molecule has 1 aromatic rings. The van der Waals surface area contributed by atoms with Crippen LogP contribution >= 0.6 is 0 Å². The number of aliphatic hydroxyl groups is 1. The van der Waals surface area contributed by atoms with Gasteiger partial charge in [-0.15, -0.1) is 0 Å². The van der Waals surface area contributed by atoms with E-state index in [4.69, 9.17) is 4.74 Å². The Morgan fingerprint density at radius 3 is 2.77 bits per heavy atom. The van der Waals surface area contributed by atoms with Crippen molar-refractivity contribution in [3.63, 3.8) is 0 Å². The lowest BCUT2D eigenvalue weighted by Gasteiger charge is -2.36. The molecule has 0 atom stereocenters. The highest BCUT2D eigenvalue weighted by Crippen LogP contribution is 2.30. The number of hydrogen-bond acceptors (Lipinski definition) is 3. The summed E-state index contributed by atoms with van der Waals surface area (Å²) in [4.78, 5) is 0. The highest BCUT2D eigenvalue weighted by atomic mass is 16.5. The van der Waals surface area contributed by atoms with E-state index in [0.717, 1.165) is 11.3 Å². The van der Waals surface area contributed by atoms with Crippen LogP contribution in [0.2, 0.25) is 0 Å². The normalized spacial score (nSPS) is 19.2. The largest absolute Gasteiger partial charge is 0.388 e. The maximum Gasteiger partial charge on any atom is 0.136 e. The van der Waals surface area contributed by atoms with E-state index >= 15 is 0 Å². The molecule has 0 aliphatic carbocycles. The number of nitrogens with one attached hydrogen (secondary N) is 1. The summed E-state index contributed by atoms with van der Waals surface area (Å²) in [5.41, 5.74) is 1.18. The monoisotopic (exact) mass is 179 g/mol. The van der Waals surface area contributed by atoms with Crippen LogP contribution in [0.1, 0.15) is 5.56 Å². The SMILES string of the molecule is CNc1cccc(C2(O)COC2)c1. The Morgan fingerprint density at radius 1 is 1.46 bits per heavy atom. The van der Waals surface area contributed by atoms with Crippen molar-refractivity contribution in [2.75, 3.05) is 25.6 Å². The topological polar surface area (TPSA) is 41.5 Å². The molecule has 1 aromatic carbocycles. The molecule has 0 unspecified atom stereocenters. The molecule has 0 amide bonds. The van der Waals surface area contributed by atoms with Crippen LogP contribution in [0.5, 0.6) is 0 Å². The number of hydrogen-bond donors (Lipinski definition) is 2. The number of anilines is 1. The fraction of sp³-hybridized carbons (Fsp3) is 0.400. The van der Waals surface area contributed by atoms with Crippen molar-refractivity contribution in [3.8, 4) is 0 Å². The summed E-state index contributed by atoms with van der Waals surface area (Å²) in [7, 11) is 1.86. The van der Waals surface area contributed by atoms with Crippen LogP contribution in [0.3, 0.4) is 0 Å². The fourth-order valence-electron chi connectivity index (χ4n) is 1.43. The minimum Gasteiger partial charge on any atom is -0.388 e. The first kappa shape index (κ1) is 8.53. The van der Waals surface area contributed by atoms with E-state index in [1.807, 2.05) is 31.3 Å². The zero-order chi connectivity index (χ0) is 9.31. The zero-order valence-electron chi connectivity index (χ0n) is 7.58. The Kier molecular flexibility index (Phi) is 1.98. The molecule has 3 nitrogen and oxygen atoms in total. The molecule has 0 saturated carbocycles. The quantitative estimate of drug-likeness (QED) is 0.710. The molecule has 3 heteroatoms. The first-order valence-electron chi connectivity index (χ1n) is 4.33. The summed E-state index contributed by atoms with van der Waals surface area (Å²) in [6.07, 6.45) is 0. The molecule has 1 fully saturated rings. The van der Waals surface area contributed by atoms with E-state index in [9.17, 15) is 5.11 Å². The van der Waals surface area contributed by atoms with Crippen LogP contribution < -0.4 is 5.32 Å². The van der Waals surface area contributed by atoms with Crippen molar-refractivity contribution in [1.29, 1.82) is 0 Å². The van der Waals surface area contributed by atoms with Gasteiger partial charge >= 0.3 is 0 Å². The summed E-state index contributed by atoms with van der Waals surface area (Å²) < 4.78 is 5.00. The third kappa shape index (κ3) is 1.41. The Hall–Kier alpha value is -1.06. The maximum atomic E-state index is 9.95.